The Bertz CT molecular complexity index is 899. The highest BCUT2D eigenvalue weighted by molar-refractivity contribution is 5.75. The third-order valence-electron chi connectivity index (χ3n) is 7.82. The molecule has 0 aromatic heterocycles. The number of carbonyl (C=O) groups is 4. The summed E-state index contributed by atoms with van der Waals surface area (Å²) in [5.74, 6) is -1.45. The largest absolute Gasteiger partial charge is 0.463 e. The predicted octanol–water partition coefficient (Wildman–Crippen LogP) is 6.82. The molecule has 0 rings (SSSR count). The molecule has 0 aliphatic carbocycles. The summed E-state index contributed by atoms with van der Waals surface area (Å²) in [4.78, 5) is 51.3. The molecule has 0 N–H and O–H groups in total. The molecule has 0 spiro atoms. The molecular weight excluding hydrogens is 678 g/mol. The highest BCUT2D eigenvalue weighted by Gasteiger charge is 2.33. The van der Waals surface area contributed by atoms with Crippen LogP contribution < -0.4 is 0 Å². The number of azide groups is 1. The second-order valence-electron chi connectivity index (χ2n) is 12.8. The minimum Gasteiger partial charge on any atom is -0.463 e. The van der Waals surface area contributed by atoms with Crippen molar-refractivity contribution >= 4 is 23.9 Å². The molecule has 0 heterocycles. The van der Waals surface area contributed by atoms with Gasteiger partial charge in [0, 0.05) is 24.2 Å². The lowest BCUT2D eigenvalue weighted by Gasteiger charge is -2.33. The first-order valence-electron chi connectivity index (χ1n) is 19.3. The van der Waals surface area contributed by atoms with Crippen molar-refractivity contribution in [2.75, 3.05) is 79.3 Å². The van der Waals surface area contributed by atoms with Gasteiger partial charge in [-0.3, -0.25) is 19.2 Å². The van der Waals surface area contributed by atoms with E-state index in [0.29, 0.717) is 32.1 Å². The van der Waals surface area contributed by atoms with Crippen LogP contribution in [0.2, 0.25) is 0 Å². The highest BCUT2D eigenvalue weighted by Crippen LogP contribution is 2.21. The van der Waals surface area contributed by atoms with Crippen molar-refractivity contribution in [1.82, 2.24) is 0 Å². The maximum absolute atomic E-state index is 12.5. The molecular formula is C37H67N3O12. The Morgan fingerprint density at radius 2 is 0.865 bits per heavy atom. The maximum atomic E-state index is 12.5. The third kappa shape index (κ3) is 28.6. The fraction of sp³-hybridized carbons (Fsp3) is 0.892. The molecule has 0 amide bonds. The van der Waals surface area contributed by atoms with Crippen LogP contribution in [0.15, 0.2) is 5.11 Å². The molecule has 0 saturated carbocycles. The fourth-order valence-electron chi connectivity index (χ4n) is 4.80. The van der Waals surface area contributed by atoms with E-state index in [9.17, 15) is 19.2 Å². The van der Waals surface area contributed by atoms with Gasteiger partial charge < -0.3 is 37.9 Å². The monoisotopic (exact) mass is 745 g/mol. The number of rotatable bonds is 37. The van der Waals surface area contributed by atoms with E-state index in [0.717, 1.165) is 64.2 Å². The van der Waals surface area contributed by atoms with E-state index in [1.807, 2.05) is 6.92 Å². The number of hydrogen-bond acceptors (Lipinski definition) is 13. The Kier molecular flexibility index (Phi) is 33.1. The summed E-state index contributed by atoms with van der Waals surface area (Å²) in [5.41, 5.74) is 7.94. The molecule has 1 unspecified atom stereocenters. The SMILES string of the molecule is CCCCCC(=O)OCCOCC(COCCOC(=O)CCCCC)(COCCOC(=O)CCCCC)COCCOC(=O)C(CCCC)N=[N+]=[N-]. The van der Waals surface area contributed by atoms with Crippen molar-refractivity contribution in [2.45, 2.75) is 130 Å². The van der Waals surface area contributed by atoms with Crippen molar-refractivity contribution in [3.63, 3.8) is 0 Å². The van der Waals surface area contributed by atoms with Crippen LogP contribution in [-0.4, -0.2) is 109 Å². The number of carbonyl (C=O) groups excluding carboxylic acids is 4. The summed E-state index contributed by atoms with van der Waals surface area (Å²) in [5, 5.41) is 3.56. The van der Waals surface area contributed by atoms with Gasteiger partial charge in [0.25, 0.3) is 0 Å². The topological polar surface area (TPSA) is 191 Å². The van der Waals surface area contributed by atoms with Gasteiger partial charge in [-0.25, -0.2) is 0 Å². The summed E-state index contributed by atoms with van der Waals surface area (Å²) in [6, 6.07) is -0.901. The van der Waals surface area contributed by atoms with Crippen LogP contribution in [0.4, 0.5) is 0 Å². The molecule has 0 fully saturated rings. The van der Waals surface area contributed by atoms with Crippen LogP contribution in [0.5, 0.6) is 0 Å². The van der Waals surface area contributed by atoms with E-state index in [4.69, 9.17) is 43.4 Å². The lowest BCUT2D eigenvalue weighted by Crippen LogP contribution is -2.43. The van der Waals surface area contributed by atoms with E-state index < -0.39 is 17.4 Å². The molecule has 0 bridgehead atoms. The summed E-state index contributed by atoms with van der Waals surface area (Å²) < 4.78 is 45.0. The van der Waals surface area contributed by atoms with Crippen LogP contribution in [0.1, 0.15) is 124 Å². The number of nitrogens with zero attached hydrogens (tertiary/aromatic N) is 3. The van der Waals surface area contributed by atoms with E-state index in [1.54, 1.807) is 0 Å². The van der Waals surface area contributed by atoms with Crippen LogP contribution in [0.25, 0.3) is 10.4 Å². The number of ether oxygens (including phenoxy) is 8. The first-order chi connectivity index (χ1) is 25.3. The van der Waals surface area contributed by atoms with Gasteiger partial charge in [-0.1, -0.05) is 84.2 Å². The Balaban J connectivity index is 5.43. The standard InChI is InChI=1S/C37H67N3O12/c1-5-9-13-17-33(41)49-24-20-45-28-37(29-46-21-25-50-34(42)18-14-10-6-2,30-47-22-26-51-35(43)19-15-11-7-3)31-48-23-27-52-36(44)32(39-40-38)16-12-8-4/h32H,5-31H2,1-4H3. The van der Waals surface area contributed by atoms with Crippen LogP contribution >= 0.6 is 0 Å². The lowest BCUT2D eigenvalue weighted by atomic mass is 9.92. The molecule has 52 heavy (non-hydrogen) atoms. The van der Waals surface area contributed by atoms with Crippen molar-refractivity contribution in [3.8, 4) is 0 Å². The highest BCUT2D eigenvalue weighted by atomic mass is 16.6. The second-order valence-corrected chi connectivity index (χ2v) is 12.8. The number of esters is 4. The smallest absolute Gasteiger partial charge is 0.314 e. The molecule has 0 radical (unpaired) electrons. The lowest BCUT2D eigenvalue weighted by molar-refractivity contribution is -0.152. The Labute approximate surface area is 311 Å². The van der Waals surface area contributed by atoms with Crippen LogP contribution in [0, 0.1) is 5.41 Å². The van der Waals surface area contributed by atoms with Crippen molar-refractivity contribution in [1.29, 1.82) is 0 Å². The minimum absolute atomic E-state index is 0.0321. The van der Waals surface area contributed by atoms with Gasteiger partial charge in [0.05, 0.1) is 58.3 Å². The predicted molar refractivity (Wildman–Crippen MR) is 194 cm³/mol. The fourth-order valence-corrected chi connectivity index (χ4v) is 4.80. The summed E-state index contributed by atoms with van der Waals surface area (Å²) >= 11 is 0. The van der Waals surface area contributed by atoms with Crippen molar-refractivity contribution in [3.05, 3.63) is 10.4 Å². The van der Waals surface area contributed by atoms with Gasteiger partial charge in [-0.05, 0) is 31.2 Å². The molecule has 0 saturated heterocycles. The average Bonchev–Trinajstić information content (AvgIpc) is 3.13. The summed E-state index contributed by atoms with van der Waals surface area (Å²) in [7, 11) is 0. The zero-order chi connectivity index (χ0) is 38.5. The number of hydrogen-bond donors (Lipinski definition) is 0. The first-order valence-corrected chi connectivity index (χ1v) is 19.3. The van der Waals surface area contributed by atoms with Gasteiger partial charge in [-0.2, -0.15) is 0 Å². The van der Waals surface area contributed by atoms with Gasteiger partial charge in [-0.15, -0.1) is 0 Å². The van der Waals surface area contributed by atoms with Crippen molar-refractivity contribution < 1.29 is 57.1 Å². The zero-order valence-electron chi connectivity index (χ0n) is 32.4. The molecule has 0 aliphatic rings. The molecule has 302 valence electrons. The molecule has 15 heteroatoms. The van der Waals surface area contributed by atoms with Gasteiger partial charge in [0.2, 0.25) is 0 Å². The van der Waals surface area contributed by atoms with E-state index in [1.165, 1.54) is 0 Å². The molecule has 1 atom stereocenters. The zero-order valence-corrected chi connectivity index (χ0v) is 32.4. The summed E-state index contributed by atoms with van der Waals surface area (Å²) in [6.07, 6.45) is 11.2. The van der Waals surface area contributed by atoms with E-state index in [-0.39, 0.29) is 97.2 Å². The van der Waals surface area contributed by atoms with E-state index in [2.05, 4.69) is 30.8 Å². The first kappa shape index (κ1) is 49.0. The number of unbranched alkanes of at least 4 members (excludes halogenated alkanes) is 7. The Hall–Kier alpha value is -2.97. The quantitative estimate of drug-likeness (QED) is 0.0161. The summed E-state index contributed by atoms with van der Waals surface area (Å²) in [6.45, 7) is 9.05. The average molecular weight is 746 g/mol. The second kappa shape index (κ2) is 35.1. The van der Waals surface area contributed by atoms with E-state index >= 15 is 0 Å². The molecule has 0 aliphatic heterocycles. The van der Waals surface area contributed by atoms with Crippen LogP contribution in [0.3, 0.4) is 0 Å². The Morgan fingerprint density at radius 1 is 0.519 bits per heavy atom. The van der Waals surface area contributed by atoms with Crippen LogP contribution in [-0.2, 0) is 57.1 Å². The molecule has 0 aromatic carbocycles. The van der Waals surface area contributed by atoms with Gasteiger partial charge in [0.1, 0.15) is 32.5 Å². The maximum Gasteiger partial charge on any atom is 0.314 e. The minimum atomic E-state index is -0.901. The third-order valence-corrected chi connectivity index (χ3v) is 7.82. The van der Waals surface area contributed by atoms with Gasteiger partial charge >= 0.3 is 23.9 Å². The van der Waals surface area contributed by atoms with Crippen molar-refractivity contribution in [2.24, 2.45) is 10.5 Å². The molecule has 15 nitrogen and oxygen atoms in total. The Morgan fingerprint density at radius 3 is 1.19 bits per heavy atom. The van der Waals surface area contributed by atoms with Gasteiger partial charge in [0.15, 0.2) is 0 Å². The normalized spacial score (nSPS) is 11.8. The molecule has 0 aromatic rings.